The van der Waals surface area contributed by atoms with E-state index in [2.05, 4.69) is 5.32 Å². The van der Waals surface area contributed by atoms with Gasteiger partial charge in [-0.3, -0.25) is 25.0 Å². The minimum absolute atomic E-state index is 0.0536. The summed E-state index contributed by atoms with van der Waals surface area (Å²) in [6, 6.07) is 10.8. The number of nitrogens with zero attached hydrogens (tertiary/aromatic N) is 4. The molecule has 3 N–H and O–H groups in total. The molecule has 0 bridgehead atoms. The highest BCUT2D eigenvalue weighted by atomic mass is 32.2. The van der Waals surface area contributed by atoms with E-state index in [1.807, 2.05) is 6.92 Å². The van der Waals surface area contributed by atoms with Crippen molar-refractivity contribution in [2.45, 2.75) is 75.8 Å². The van der Waals surface area contributed by atoms with Gasteiger partial charge in [0.15, 0.2) is 0 Å². The molecule has 4 aliphatic heterocycles. The fourth-order valence-corrected chi connectivity index (χ4v) is 9.27. The van der Waals surface area contributed by atoms with Gasteiger partial charge in [0.2, 0.25) is 5.91 Å². The van der Waals surface area contributed by atoms with Crippen molar-refractivity contribution in [2.24, 2.45) is 17.8 Å². The number of esters is 1. The number of hydrogen-bond donors (Lipinski definition) is 3. The Labute approximate surface area is 303 Å². The average molecular weight is 740 g/mol. The second-order valence-electron chi connectivity index (χ2n) is 13.9. The lowest BCUT2D eigenvalue weighted by molar-refractivity contribution is -0.385. The number of fused-ring (bicyclic) bond motifs is 1. The van der Waals surface area contributed by atoms with Crippen LogP contribution >= 0.6 is 11.8 Å². The van der Waals surface area contributed by atoms with Crippen molar-refractivity contribution < 1.29 is 43.9 Å². The lowest BCUT2D eigenvalue weighted by Gasteiger charge is -2.46. The van der Waals surface area contributed by atoms with Crippen molar-refractivity contribution >= 4 is 41.1 Å². The molecule has 0 radical (unpaired) electrons. The van der Waals surface area contributed by atoms with Crippen molar-refractivity contribution in [1.82, 2.24) is 15.1 Å². The van der Waals surface area contributed by atoms with E-state index in [9.17, 15) is 44.8 Å². The first-order valence-corrected chi connectivity index (χ1v) is 18.1. The van der Waals surface area contributed by atoms with Crippen LogP contribution in [0.2, 0.25) is 0 Å². The van der Waals surface area contributed by atoms with Crippen molar-refractivity contribution in [3.05, 3.63) is 90.5 Å². The normalized spacial score (nSPS) is 27.3. The molecule has 3 fully saturated rings. The standard InChI is InChI=1S/C35H41N5O11S/c1-19-30-29(20(2)42)33(43)38(30)31(34(44)50-17-21-3-7-25(8-4-21)39(46)47)32(19)52-28-13-24(36-14-28)11-23-12-27(16-41)37(15-23)35(45)51-18-22-5-9-26(10-6-22)40(48)49/h3-10,19-20,23-24,27-30,36,41-42H,11-18H2,1-2H3/t19-,20-,23-,24-,27+,28+,29-,30-/m1/s1. The van der Waals surface area contributed by atoms with E-state index in [0.717, 1.165) is 17.7 Å². The van der Waals surface area contributed by atoms with E-state index < -0.39 is 40.0 Å². The van der Waals surface area contributed by atoms with Crippen LogP contribution in [0.25, 0.3) is 0 Å². The number of β-lactam (4-membered cyclic amide) rings is 1. The van der Waals surface area contributed by atoms with Gasteiger partial charge in [0, 0.05) is 59.5 Å². The first-order chi connectivity index (χ1) is 24.9. The Balaban J connectivity index is 1.06. The van der Waals surface area contributed by atoms with Gasteiger partial charge in [-0.25, -0.2) is 9.59 Å². The van der Waals surface area contributed by atoms with E-state index in [1.54, 1.807) is 6.92 Å². The number of hydrogen-bond acceptors (Lipinski definition) is 13. The van der Waals surface area contributed by atoms with Crippen LogP contribution in [0.3, 0.4) is 0 Å². The number of nitro groups is 2. The Morgan fingerprint density at radius 2 is 1.60 bits per heavy atom. The summed E-state index contributed by atoms with van der Waals surface area (Å²) in [5.41, 5.74) is 1.21. The number of ether oxygens (including phenoxy) is 2. The fourth-order valence-electron chi connectivity index (χ4n) is 7.76. The van der Waals surface area contributed by atoms with Crippen LogP contribution in [0, 0.1) is 38.0 Å². The highest BCUT2D eigenvalue weighted by Gasteiger charge is 2.60. The van der Waals surface area contributed by atoms with E-state index in [4.69, 9.17) is 9.47 Å². The molecule has 2 aromatic carbocycles. The van der Waals surface area contributed by atoms with Crippen LogP contribution in [-0.2, 0) is 32.3 Å². The summed E-state index contributed by atoms with van der Waals surface area (Å²) < 4.78 is 11.1. The fraction of sp³-hybridized carbons (Fsp3) is 0.514. The number of aliphatic hydroxyl groups excluding tert-OH is 2. The minimum atomic E-state index is -0.885. The zero-order chi connectivity index (χ0) is 37.3. The number of rotatable bonds is 13. The molecule has 0 aromatic heterocycles. The SMILES string of the molecule is C[C@@H](O)[C@H]1C(=O)N2C(C(=O)OCc3ccc([N+](=O)[O-])cc3)=C(S[C@@H]3CN[C@H](C[C@@H]4C[C@@H](CO)N(C(=O)OCc5ccc([N+](=O)[O-])cc5)C4)C3)[C@H](C)[C@H]12. The molecule has 6 rings (SSSR count). The Bertz CT molecular complexity index is 1740. The van der Waals surface area contributed by atoms with Gasteiger partial charge in [-0.1, -0.05) is 6.92 Å². The second kappa shape index (κ2) is 15.6. The summed E-state index contributed by atoms with van der Waals surface area (Å²) in [5, 5.41) is 45.9. The maximum Gasteiger partial charge on any atom is 0.410 e. The molecular formula is C35H41N5O11S. The molecule has 2 amide bonds. The molecule has 278 valence electrons. The molecule has 0 spiro atoms. The van der Waals surface area contributed by atoms with Gasteiger partial charge in [0.05, 0.1) is 40.6 Å². The number of nitro benzene ring substituents is 2. The zero-order valence-electron chi connectivity index (χ0n) is 28.7. The first-order valence-electron chi connectivity index (χ1n) is 17.2. The number of thioether (sulfide) groups is 1. The molecule has 3 saturated heterocycles. The monoisotopic (exact) mass is 739 g/mol. The Hall–Kier alpha value is -4.58. The van der Waals surface area contributed by atoms with Gasteiger partial charge in [-0.2, -0.15) is 0 Å². The molecular weight excluding hydrogens is 698 g/mol. The van der Waals surface area contributed by atoms with Crippen molar-refractivity contribution in [1.29, 1.82) is 0 Å². The molecule has 16 nitrogen and oxygen atoms in total. The molecule has 8 atom stereocenters. The lowest BCUT2D eigenvalue weighted by Crippen LogP contribution is -2.63. The maximum absolute atomic E-state index is 13.6. The van der Waals surface area contributed by atoms with E-state index in [0.29, 0.717) is 30.6 Å². The molecule has 2 aromatic rings. The molecule has 52 heavy (non-hydrogen) atoms. The molecule has 0 aliphatic carbocycles. The predicted molar refractivity (Wildman–Crippen MR) is 186 cm³/mol. The van der Waals surface area contributed by atoms with Crippen LogP contribution in [0.4, 0.5) is 16.2 Å². The number of aliphatic hydroxyl groups is 2. The van der Waals surface area contributed by atoms with Crippen molar-refractivity contribution in [3.63, 3.8) is 0 Å². The third-order valence-electron chi connectivity index (χ3n) is 10.4. The first kappa shape index (κ1) is 37.2. The topological polar surface area (TPSA) is 215 Å². The quantitative estimate of drug-likeness (QED) is 0.116. The number of amides is 2. The summed E-state index contributed by atoms with van der Waals surface area (Å²) in [4.78, 5) is 64.3. The number of carbonyl (C=O) groups excluding carboxylic acids is 3. The number of benzene rings is 2. The Morgan fingerprint density at radius 1 is 1.00 bits per heavy atom. The van der Waals surface area contributed by atoms with Crippen LogP contribution in [-0.4, -0.2) is 97.0 Å². The number of carbonyl (C=O) groups is 3. The third-order valence-corrected chi connectivity index (χ3v) is 11.9. The number of likely N-dealkylation sites (tertiary alicyclic amines) is 1. The van der Waals surface area contributed by atoms with E-state index in [-0.39, 0.29) is 72.0 Å². The molecule has 4 aliphatic rings. The summed E-state index contributed by atoms with van der Waals surface area (Å²) in [7, 11) is 0. The van der Waals surface area contributed by atoms with Gasteiger partial charge in [0.25, 0.3) is 11.4 Å². The second-order valence-corrected chi connectivity index (χ2v) is 15.2. The minimum Gasteiger partial charge on any atom is -0.456 e. The molecule has 17 heteroatoms. The smallest absolute Gasteiger partial charge is 0.410 e. The van der Waals surface area contributed by atoms with Gasteiger partial charge in [-0.05, 0) is 67.5 Å². The van der Waals surface area contributed by atoms with Crippen molar-refractivity contribution in [3.8, 4) is 0 Å². The Morgan fingerprint density at radius 3 is 2.15 bits per heavy atom. The summed E-state index contributed by atoms with van der Waals surface area (Å²) in [6.07, 6.45) is 0.665. The predicted octanol–water partition coefficient (Wildman–Crippen LogP) is 3.49. The summed E-state index contributed by atoms with van der Waals surface area (Å²) >= 11 is 1.53. The maximum atomic E-state index is 13.6. The van der Waals surface area contributed by atoms with Crippen molar-refractivity contribution in [2.75, 3.05) is 19.7 Å². The van der Waals surface area contributed by atoms with E-state index >= 15 is 0 Å². The highest BCUT2D eigenvalue weighted by Crippen LogP contribution is 2.52. The summed E-state index contributed by atoms with van der Waals surface area (Å²) in [6.45, 7) is 4.17. The largest absolute Gasteiger partial charge is 0.456 e. The van der Waals surface area contributed by atoms with Crippen LogP contribution in [0.1, 0.15) is 44.2 Å². The Kier molecular flexibility index (Phi) is 11.1. The number of nitrogens with one attached hydrogen (secondary N) is 1. The van der Waals surface area contributed by atoms with Crippen LogP contribution in [0.15, 0.2) is 59.1 Å². The number of non-ortho nitro benzene ring substituents is 2. The summed E-state index contributed by atoms with van der Waals surface area (Å²) in [5.74, 6) is -1.75. The van der Waals surface area contributed by atoms with Gasteiger partial charge >= 0.3 is 12.1 Å². The van der Waals surface area contributed by atoms with Gasteiger partial charge in [-0.15, -0.1) is 11.8 Å². The molecule has 0 saturated carbocycles. The lowest BCUT2D eigenvalue weighted by atomic mass is 9.79. The van der Waals surface area contributed by atoms with E-state index in [1.165, 1.54) is 70.1 Å². The average Bonchev–Trinajstić information content (AvgIpc) is 3.81. The highest BCUT2D eigenvalue weighted by molar-refractivity contribution is 8.03. The van der Waals surface area contributed by atoms with Gasteiger partial charge in [0.1, 0.15) is 18.9 Å². The molecule has 0 unspecified atom stereocenters. The molecule has 4 heterocycles. The van der Waals surface area contributed by atoms with Crippen LogP contribution in [0.5, 0.6) is 0 Å². The van der Waals surface area contributed by atoms with Crippen LogP contribution < -0.4 is 5.32 Å². The zero-order valence-corrected chi connectivity index (χ0v) is 29.5. The third kappa shape index (κ3) is 7.62. The van der Waals surface area contributed by atoms with Gasteiger partial charge < -0.3 is 34.8 Å².